The van der Waals surface area contributed by atoms with Gasteiger partial charge in [-0.3, -0.25) is 15.0 Å². The van der Waals surface area contributed by atoms with E-state index >= 15 is 0 Å². The summed E-state index contributed by atoms with van der Waals surface area (Å²) in [6, 6.07) is 23.7. The molecule has 4 rings (SSSR count). The van der Waals surface area contributed by atoms with Crippen LogP contribution in [0.3, 0.4) is 0 Å². The second-order valence-corrected chi connectivity index (χ2v) is 8.30. The molecule has 0 bridgehead atoms. The Kier molecular flexibility index (Phi) is 7.42. The number of benzene rings is 3. The molecular weight excluding hydrogens is 416 g/mol. The highest BCUT2D eigenvalue weighted by atomic mass is 16.6. The number of ether oxygens (including phenoxy) is 1. The van der Waals surface area contributed by atoms with Crippen molar-refractivity contribution < 1.29 is 9.66 Å². The highest BCUT2D eigenvalue weighted by Gasteiger charge is 2.20. The first kappa shape index (κ1) is 22.6. The maximum Gasteiger partial charge on any atom is 0.292 e. The zero-order chi connectivity index (χ0) is 23.0. The molecule has 7 heteroatoms. The maximum absolute atomic E-state index is 11.5. The first-order valence-electron chi connectivity index (χ1n) is 11.3. The van der Waals surface area contributed by atoms with E-state index in [0.717, 1.165) is 49.7 Å². The average Bonchev–Trinajstić information content (AvgIpc) is 2.83. The fourth-order valence-corrected chi connectivity index (χ4v) is 4.09. The summed E-state index contributed by atoms with van der Waals surface area (Å²) in [5, 5.41) is 14.7. The Morgan fingerprint density at radius 3 is 2.48 bits per heavy atom. The molecule has 33 heavy (non-hydrogen) atoms. The van der Waals surface area contributed by atoms with Crippen LogP contribution in [0.1, 0.15) is 11.1 Å². The van der Waals surface area contributed by atoms with Crippen LogP contribution < -0.4 is 15.0 Å². The number of nitro groups is 1. The number of nitrogens with zero attached hydrogens (tertiary/aromatic N) is 3. The van der Waals surface area contributed by atoms with Crippen LogP contribution in [0.2, 0.25) is 0 Å². The van der Waals surface area contributed by atoms with Gasteiger partial charge in [0.15, 0.2) is 0 Å². The zero-order valence-electron chi connectivity index (χ0n) is 18.9. The predicted octanol–water partition coefficient (Wildman–Crippen LogP) is 4.72. The quantitative estimate of drug-likeness (QED) is 0.291. The van der Waals surface area contributed by atoms with Crippen LogP contribution in [0.4, 0.5) is 17.1 Å². The van der Waals surface area contributed by atoms with Gasteiger partial charge in [-0.1, -0.05) is 42.5 Å². The minimum Gasteiger partial charge on any atom is -0.492 e. The van der Waals surface area contributed by atoms with Gasteiger partial charge in [0, 0.05) is 51.0 Å². The lowest BCUT2D eigenvalue weighted by atomic mass is 10.1. The van der Waals surface area contributed by atoms with Crippen molar-refractivity contribution in [1.82, 2.24) is 4.90 Å². The van der Waals surface area contributed by atoms with Crippen molar-refractivity contribution >= 4 is 17.1 Å². The predicted molar refractivity (Wildman–Crippen MR) is 132 cm³/mol. The Labute approximate surface area is 194 Å². The number of rotatable bonds is 9. The number of aryl methyl sites for hydroxylation is 1. The van der Waals surface area contributed by atoms with E-state index in [1.54, 1.807) is 6.07 Å². The first-order chi connectivity index (χ1) is 16.1. The van der Waals surface area contributed by atoms with Crippen LogP contribution >= 0.6 is 0 Å². The van der Waals surface area contributed by atoms with E-state index in [1.807, 2.05) is 49.4 Å². The van der Waals surface area contributed by atoms with Gasteiger partial charge in [0.25, 0.3) is 5.69 Å². The summed E-state index contributed by atoms with van der Waals surface area (Å²) in [5.41, 5.74) is 4.06. The standard InChI is InChI=1S/C26H30N4O3/c1-21-6-5-9-24(18-21)33-17-12-27-25-19-23(10-11-26(25)30(31)32)29-15-13-28(14-16-29)20-22-7-3-2-4-8-22/h2-11,18-19,27H,12-17,20H2,1H3. The Balaban J connectivity index is 1.34. The number of nitrogens with one attached hydrogen (secondary N) is 1. The molecule has 7 nitrogen and oxygen atoms in total. The lowest BCUT2D eigenvalue weighted by Gasteiger charge is -2.36. The van der Waals surface area contributed by atoms with E-state index in [2.05, 4.69) is 39.4 Å². The van der Waals surface area contributed by atoms with Gasteiger partial charge in [0.2, 0.25) is 0 Å². The third-order valence-electron chi connectivity index (χ3n) is 5.84. The van der Waals surface area contributed by atoms with Gasteiger partial charge in [-0.2, -0.15) is 0 Å². The molecule has 0 saturated carbocycles. The van der Waals surface area contributed by atoms with Crippen LogP contribution in [0.25, 0.3) is 0 Å². The van der Waals surface area contributed by atoms with Gasteiger partial charge < -0.3 is 15.0 Å². The van der Waals surface area contributed by atoms with Gasteiger partial charge in [0.05, 0.1) is 4.92 Å². The highest BCUT2D eigenvalue weighted by Crippen LogP contribution is 2.30. The summed E-state index contributed by atoms with van der Waals surface area (Å²) in [7, 11) is 0. The molecule has 1 saturated heterocycles. The molecule has 1 heterocycles. The van der Waals surface area contributed by atoms with Crippen LogP contribution in [0.15, 0.2) is 72.8 Å². The molecule has 1 N–H and O–H groups in total. The molecule has 172 valence electrons. The van der Waals surface area contributed by atoms with Crippen molar-refractivity contribution in [3.8, 4) is 5.75 Å². The first-order valence-corrected chi connectivity index (χ1v) is 11.3. The maximum atomic E-state index is 11.5. The Hall–Kier alpha value is -3.58. The number of piperazine rings is 1. The molecule has 0 radical (unpaired) electrons. The molecule has 3 aromatic rings. The summed E-state index contributed by atoms with van der Waals surface area (Å²) < 4.78 is 5.77. The highest BCUT2D eigenvalue weighted by molar-refractivity contribution is 5.69. The van der Waals surface area contributed by atoms with E-state index < -0.39 is 0 Å². The second-order valence-electron chi connectivity index (χ2n) is 8.30. The number of nitro benzene ring substituents is 1. The minimum atomic E-state index is -0.342. The monoisotopic (exact) mass is 446 g/mol. The summed E-state index contributed by atoms with van der Waals surface area (Å²) in [5.74, 6) is 0.799. The third kappa shape index (κ3) is 6.23. The number of hydrogen-bond donors (Lipinski definition) is 1. The molecule has 0 spiro atoms. The fraction of sp³-hybridized carbons (Fsp3) is 0.308. The number of anilines is 2. The molecule has 0 aliphatic carbocycles. The summed E-state index contributed by atoms with van der Waals surface area (Å²) >= 11 is 0. The molecule has 1 aliphatic heterocycles. The van der Waals surface area contributed by atoms with Crippen molar-refractivity contribution in [1.29, 1.82) is 0 Å². The third-order valence-corrected chi connectivity index (χ3v) is 5.84. The smallest absolute Gasteiger partial charge is 0.292 e. The van der Waals surface area contributed by atoms with Crippen molar-refractivity contribution in [3.63, 3.8) is 0 Å². The summed E-state index contributed by atoms with van der Waals surface area (Å²) in [6.45, 7) is 7.55. The van der Waals surface area contributed by atoms with Crippen LogP contribution in [-0.2, 0) is 6.54 Å². The van der Waals surface area contributed by atoms with Crippen molar-refractivity contribution in [2.24, 2.45) is 0 Å². The Bertz CT molecular complexity index is 1070. The van der Waals surface area contributed by atoms with Crippen molar-refractivity contribution in [2.45, 2.75) is 13.5 Å². The minimum absolute atomic E-state index is 0.0806. The molecule has 1 aliphatic rings. The molecular formula is C26H30N4O3. The van der Waals surface area contributed by atoms with Crippen LogP contribution in [0, 0.1) is 17.0 Å². The van der Waals surface area contributed by atoms with E-state index in [1.165, 1.54) is 5.56 Å². The van der Waals surface area contributed by atoms with Crippen molar-refractivity contribution in [2.75, 3.05) is 49.5 Å². The fourth-order valence-electron chi connectivity index (χ4n) is 4.09. The number of hydrogen-bond acceptors (Lipinski definition) is 6. The summed E-state index contributed by atoms with van der Waals surface area (Å²) in [6.07, 6.45) is 0. The molecule has 3 aromatic carbocycles. The molecule has 0 amide bonds. The van der Waals surface area contributed by atoms with Crippen molar-refractivity contribution in [3.05, 3.63) is 94.0 Å². The van der Waals surface area contributed by atoms with Gasteiger partial charge in [-0.25, -0.2) is 0 Å². The molecule has 0 aromatic heterocycles. The topological polar surface area (TPSA) is 70.9 Å². The second kappa shape index (κ2) is 10.8. The van der Waals surface area contributed by atoms with Gasteiger partial charge >= 0.3 is 0 Å². The van der Waals surface area contributed by atoms with E-state index in [0.29, 0.717) is 18.8 Å². The molecule has 1 fully saturated rings. The zero-order valence-corrected chi connectivity index (χ0v) is 18.9. The normalized spacial score (nSPS) is 14.2. The molecule has 0 unspecified atom stereocenters. The van der Waals surface area contributed by atoms with Crippen LogP contribution in [0.5, 0.6) is 5.75 Å². The van der Waals surface area contributed by atoms with E-state index in [-0.39, 0.29) is 10.6 Å². The Morgan fingerprint density at radius 1 is 0.970 bits per heavy atom. The lowest BCUT2D eigenvalue weighted by Crippen LogP contribution is -2.46. The summed E-state index contributed by atoms with van der Waals surface area (Å²) in [4.78, 5) is 15.9. The Morgan fingerprint density at radius 2 is 1.76 bits per heavy atom. The average molecular weight is 447 g/mol. The van der Waals surface area contributed by atoms with E-state index in [9.17, 15) is 10.1 Å². The SMILES string of the molecule is Cc1cccc(OCCNc2cc(N3CCN(Cc4ccccc4)CC3)ccc2[N+](=O)[O-])c1. The van der Waals surface area contributed by atoms with Gasteiger partial charge in [0.1, 0.15) is 18.0 Å². The van der Waals surface area contributed by atoms with Gasteiger partial charge in [-0.15, -0.1) is 0 Å². The lowest BCUT2D eigenvalue weighted by molar-refractivity contribution is -0.383. The largest absolute Gasteiger partial charge is 0.492 e. The van der Waals surface area contributed by atoms with E-state index in [4.69, 9.17) is 4.74 Å². The van der Waals surface area contributed by atoms with Gasteiger partial charge in [-0.05, 0) is 42.3 Å². The molecule has 0 atom stereocenters. The van der Waals surface area contributed by atoms with Crippen LogP contribution in [-0.4, -0.2) is 49.2 Å².